The lowest BCUT2D eigenvalue weighted by molar-refractivity contribution is -0.212. The summed E-state index contributed by atoms with van der Waals surface area (Å²) in [5.41, 5.74) is 2.48. The average Bonchev–Trinajstić information content (AvgIpc) is 2.29. The molecule has 0 aliphatic carbocycles. The fourth-order valence-electron chi connectivity index (χ4n) is 1.87. The standard InChI is InChI=1S/C14H20O2/c1-10(2)12-4-6-13(7-5-12)14-15-9-8-11(3)16-14/h4-7,10-11,14H,8-9H2,1-3H3/t11-,14+/m0/s1. The SMILES string of the molecule is CC(C)c1ccc([C@@H]2OCC[C@H](C)O2)cc1. The zero-order chi connectivity index (χ0) is 11.5. The van der Waals surface area contributed by atoms with Crippen molar-refractivity contribution >= 4 is 0 Å². The van der Waals surface area contributed by atoms with Crippen molar-refractivity contribution in [1.82, 2.24) is 0 Å². The molecule has 88 valence electrons. The zero-order valence-corrected chi connectivity index (χ0v) is 10.3. The summed E-state index contributed by atoms with van der Waals surface area (Å²) < 4.78 is 11.4. The third-order valence-electron chi connectivity index (χ3n) is 3.02. The molecular weight excluding hydrogens is 200 g/mol. The molecule has 1 heterocycles. The van der Waals surface area contributed by atoms with Gasteiger partial charge in [-0.1, -0.05) is 38.1 Å². The predicted molar refractivity (Wildman–Crippen MR) is 64.4 cm³/mol. The second-order valence-corrected chi connectivity index (χ2v) is 4.76. The van der Waals surface area contributed by atoms with Crippen LogP contribution in [0.25, 0.3) is 0 Å². The molecule has 16 heavy (non-hydrogen) atoms. The first-order valence-corrected chi connectivity index (χ1v) is 6.03. The molecule has 0 aromatic heterocycles. The van der Waals surface area contributed by atoms with Gasteiger partial charge in [-0.2, -0.15) is 0 Å². The normalized spacial score (nSPS) is 26.0. The van der Waals surface area contributed by atoms with Crippen LogP contribution in [0.3, 0.4) is 0 Å². The molecular formula is C14H20O2. The Hall–Kier alpha value is -0.860. The summed E-state index contributed by atoms with van der Waals surface area (Å²) in [5.74, 6) is 0.571. The minimum Gasteiger partial charge on any atom is -0.348 e. The summed E-state index contributed by atoms with van der Waals surface area (Å²) >= 11 is 0. The number of hydrogen-bond acceptors (Lipinski definition) is 2. The predicted octanol–water partition coefficient (Wildman–Crippen LogP) is 3.63. The Morgan fingerprint density at radius 2 is 1.88 bits per heavy atom. The van der Waals surface area contributed by atoms with Gasteiger partial charge in [-0.25, -0.2) is 0 Å². The Balaban J connectivity index is 2.09. The summed E-state index contributed by atoms with van der Waals surface area (Å²) in [6, 6.07) is 8.54. The van der Waals surface area contributed by atoms with Crippen molar-refractivity contribution in [2.75, 3.05) is 6.61 Å². The van der Waals surface area contributed by atoms with E-state index in [4.69, 9.17) is 9.47 Å². The molecule has 1 aliphatic heterocycles. The number of ether oxygens (including phenoxy) is 2. The van der Waals surface area contributed by atoms with Gasteiger partial charge in [0.2, 0.25) is 0 Å². The first-order chi connectivity index (χ1) is 7.66. The van der Waals surface area contributed by atoms with E-state index in [1.54, 1.807) is 0 Å². The molecule has 0 amide bonds. The van der Waals surface area contributed by atoms with E-state index >= 15 is 0 Å². The Labute approximate surface area is 97.6 Å². The first kappa shape index (κ1) is 11.6. The summed E-state index contributed by atoms with van der Waals surface area (Å²) in [7, 11) is 0. The van der Waals surface area contributed by atoms with Crippen LogP contribution in [-0.2, 0) is 9.47 Å². The van der Waals surface area contributed by atoms with Crippen molar-refractivity contribution < 1.29 is 9.47 Å². The van der Waals surface area contributed by atoms with E-state index in [1.807, 2.05) is 0 Å². The highest BCUT2D eigenvalue weighted by molar-refractivity contribution is 5.25. The van der Waals surface area contributed by atoms with Crippen LogP contribution in [0.2, 0.25) is 0 Å². The van der Waals surface area contributed by atoms with E-state index in [1.165, 1.54) is 5.56 Å². The largest absolute Gasteiger partial charge is 0.348 e. The lowest BCUT2D eigenvalue weighted by Crippen LogP contribution is -2.24. The van der Waals surface area contributed by atoms with E-state index in [9.17, 15) is 0 Å². The van der Waals surface area contributed by atoms with Gasteiger partial charge in [0.05, 0.1) is 12.7 Å². The molecule has 2 atom stereocenters. The van der Waals surface area contributed by atoms with E-state index < -0.39 is 0 Å². The molecule has 2 heteroatoms. The van der Waals surface area contributed by atoms with Crippen LogP contribution >= 0.6 is 0 Å². The van der Waals surface area contributed by atoms with Gasteiger partial charge in [-0.3, -0.25) is 0 Å². The third-order valence-corrected chi connectivity index (χ3v) is 3.02. The molecule has 1 fully saturated rings. The van der Waals surface area contributed by atoms with Crippen LogP contribution in [0, 0.1) is 0 Å². The zero-order valence-electron chi connectivity index (χ0n) is 10.3. The summed E-state index contributed by atoms with van der Waals surface area (Å²) in [6.07, 6.45) is 1.11. The van der Waals surface area contributed by atoms with Gasteiger partial charge >= 0.3 is 0 Å². The Kier molecular flexibility index (Phi) is 3.62. The molecule has 2 nitrogen and oxygen atoms in total. The van der Waals surface area contributed by atoms with Crippen molar-refractivity contribution in [3.63, 3.8) is 0 Å². The Morgan fingerprint density at radius 3 is 2.44 bits per heavy atom. The fourth-order valence-corrected chi connectivity index (χ4v) is 1.87. The van der Waals surface area contributed by atoms with Crippen molar-refractivity contribution in [1.29, 1.82) is 0 Å². The van der Waals surface area contributed by atoms with Gasteiger partial charge in [-0.15, -0.1) is 0 Å². The van der Waals surface area contributed by atoms with Gasteiger partial charge in [-0.05, 0) is 24.8 Å². The second kappa shape index (κ2) is 4.98. The average molecular weight is 220 g/mol. The van der Waals surface area contributed by atoms with Crippen LogP contribution in [0.5, 0.6) is 0 Å². The summed E-state index contributed by atoms with van der Waals surface area (Å²) in [4.78, 5) is 0. The first-order valence-electron chi connectivity index (χ1n) is 6.03. The lowest BCUT2D eigenvalue weighted by Gasteiger charge is -2.28. The molecule has 1 aliphatic rings. The topological polar surface area (TPSA) is 18.5 Å². The summed E-state index contributed by atoms with van der Waals surface area (Å²) in [5, 5.41) is 0. The number of rotatable bonds is 2. The second-order valence-electron chi connectivity index (χ2n) is 4.76. The van der Waals surface area contributed by atoms with Gasteiger partial charge in [0.1, 0.15) is 0 Å². The van der Waals surface area contributed by atoms with E-state index in [0.717, 1.165) is 18.6 Å². The van der Waals surface area contributed by atoms with E-state index in [-0.39, 0.29) is 6.29 Å². The van der Waals surface area contributed by atoms with Crippen molar-refractivity contribution in [3.05, 3.63) is 35.4 Å². The van der Waals surface area contributed by atoms with Gasteiger partial charge < -0.3 is 9.47 Å². The van der Waals surface area contributed by atoms with Gasteiger partial charge in [0, 0.05) is 5.56 Å². The van der Waals surface area contributed by atoms with Crippen LogP contribution in [0.4, 0.5) is 0 Å². The maximum Gasteiger partial charge on any atom is 0.184 e. The van der Waals surface area contributed by atoms with Crippen LogP contribution in [0.15, 0.2) is 24.3 Å². The monoisotopic (exact) mass is 220 g/mol. The highest BCUT2D eigenvalue weighted by Crippen LogP contribution is 2.27. The molecule has 0 N–H and O–H groups in total. The molecule has 0 radical (unpaired) electrons. The number of hydrogen-bond donors (Lipinski definition) is 0. The number of benzene rings is 1. The maximum absolute atomic E-state index is 5.75. The van der Waals surface area contributed by atoms with Gasteiger partial charge in [0.25, 0.3) is 0 Å². The highest BCUT2D eigenvalue weighted by Gasteiger charge is 2.21. The molecule has 0 saturated carbocycles. The minimum absolute atomic E-state index is 0.176. The summed E-state index contributed by atoms with van der Waals surface area (Å²) in [6.45, 7) is 7.28. The molecule has 1 saturated heterocycles. The Bertz CT molecular complexity index is 329. The lowest BCUT2D eigenvalue weighted by atomic mass is 10.0. The van der Waals surface area contributed by atoms with Gasteiger partial charge in [0.15, 0.2) is 6.29 Å². The Morgan fingerprint density at radius 1 is 1.19 bits per heavy atom. The van der Waals surface area contributed by atoms with Crippen molar-refractivity contribution in [3.8, 4) is 0 Å². The molecule has 0 unspecified atom stereocenters. The van der Waals surface area contributed by atoms with E-state index in [2.05, 4.69) is 45.0 Å². The van der Waals surface area contributed by atoms with Crippen LogP contribution in [0.1, 0.15) is 50.5 Å². The van der Waals surface area contributed by atoms with Crippen molar-refractivity contribution in [2.24, 2.45) is 0 Å². The third kappa shape index (κ3) is 2.63. The smallest absolute Gasteiger partial charge is 0.184 e. The maximum atomic E-state index is 5.75. The minimum atomic E-state index is -0.176. The highest BCUT2D eigenvalue weighted by atomic mass is 16.7. The molecule has 0 spiro atoms. The van der Waals surface area contributed by atoms with E-state index in [0.29, 0.717) is 12.0 Å². The van der Waals surface area contributed by atoms with Crippen LogP contribution < -0.4 is 0 Å². The molecule has 2 rings (SSSR count). The molecule has 0 bridgehead atoms. The molecule has 1 aromatic rings. The fraction of sp³-hybridized carbons (Fsp3) is 0.571. The van der Waals surface area contributed by atoms with Crippen molar-refractivity contribution in [2.45, 2.75) is 45.5 Å². The molecule has 1 aromatic carbocycles. The quantitative estimate of drug-likeness (QED) is 0.757. The van der Waals surface area contributed by atoms with Crippen LogP contribution in [-0.4, -0.2) is 12.7 Å².